The first-order valence-corrected chi connectivity index (χ1v) is 7.34. The summed E-state index contributed by atoms with van der Waals surface area (Å²) in [6, 6.07) is 0. The Hall–Kier alpha value is 0.254. The van der Waals surface area contributed by atoms with Gasteiger partial charge in [-0.2, -0.15) is 12.2 Å². The van der Waals surface area contributed by atoms with E-state index in [1.165, 1.54) is 24.0 Å². The molecule has 21 heavy (non-hydrogen) atoms. The van der Waals surface area contributed by atoms with Gasteiger partial charge in [-0.3, -0.25) is 12.2 Å². The zero-order chi connectivity index (χ0) is 13.4. The second-order valence-electron chi connectivity index (χ2n) is 4.68. The van der Waals surface area contributed by atoms with Crippen molar-refractivity contribution < 1.29 is 46.5 Å². The Labute approximate surface area is 158 Å². The van der Waals surface area contributed by atoms with Crippen LogP contribution in [-0.4, -0.2) is 0 Å². The van der Waals surface area contributed by atoms with Gasteiger partial charge in [0.1, 0.15) is 0 Å². The maximum Gasteiger partial charge on any atom is 4.00 e. The summed E-state index contributed by atoms with van der Waals surface area (Å²) in [6.45, 7) is 8.81. The van der Waals surface area contributed by atoms with Gasteiger partial charge in [-0.25, -0.2) is 22.3 Å². The molecule has 0 spiro atoms. The molecule has 0 bridgehead atoms. The van der Waals surface area contributed by atoms with Crippen molar-refractivity contribution >= 4 is 0 Å². The molecule has 0 aromatic rings. The van der Waals surface area contributed by atoms with Crippen LogP contribution in [0.5, 0.6) is 0 Å². The van der Waals surface area contributed by atoms with Crippen molar-refractivity contribution in [2.24, 2.45) is 0 Å². The molecule has 0 saturated heterocycles. The van der Waals surface area contributed by atoms with E-state index >= 15 is 0 Å². The monoisotopic (exact) mass is 360 g/mol. The summed E-state index contributed by atoms with van der Waals surface area (Å²) < 4.78 is 0. The van der Waals surface area contributed by atoms with E-state index in [1.807, 2.05) is 0 Å². The Morgan fingerprint density at radius 1 is 0.714 bits per heavy atom. The predicted molar refractivity (Wildman–Crippen MR) is 80.1 cm³/mol. The number of hydrogen-bond donors (Lipinski definition) is 0. The molecule has 0 unspecified atom stereocenters. The summed E-state index contributed by atoms with van der Waals surface area (Å²) in [6.07, 6.45) is 17.8. The Kier molecular flexibility index (Phi) is 18.9. The van der Waals surface area contributed by atoms with Crippen molar-refractivity contribution in [1.29, 1.82) is 0 Å². The summed E-state index contributed by atoms with van der Waals surface area (Å²) in [4.78, 5) is 0. The molecule has 3 heteroatoms. The Morgan fingerprint density at radius 3 is 1.24 bits per heavy atom. The van der Waals surface area contributed by atoms with Crippen LogP contribution in [0.15, 0.2) is 34.4 Å². The van der Waals surface area contributed by atoms with Gasteiger partial charge in [0.15, 0.2) is 0 Å². The van der Waals surface area contributed by atoms with E-state index in [0.29, 0.717) is 0 Å². The first-order chi connectivity index (χ1) is 8.76. The largest absolute Gasteiger partial charge is 4.00 e. The number of halogens is 2. The second-order valence-corrected chi connectivity index (χ2v) is 4.68. The molecule has 2 aliphatic carbocycles. The van der Waals surface area contributed by atoms with Crippen LogP contribution < -0.4 is 24.8 Å². The molecule has 0 nitrogen and oxygen atoms in total. The predicted octanol–water partition coefficient (Wildman–Crippen LogP) is -0.262. The summed E-state index contributed by atoms with van der Waals surface area (Å²) in [5.41, 5.74) is 6.05. The van der Waals surface area contributed by atoms with Gasteiger partial charge in [0, 0.05) is 0 Å². The van der Waals surface area contributed by atoms with Gasteiger partial charge in [0.05, 0.1) is 0 Å². The van der Waals surface area contributed by atoms with Gasteiger partial charge in [-0.1, -0.05) is 53.4 Å². The second kappa shape index (κ2) is 15.2. The van der Waals surface area contributed by atoms with Crippen LogP contribution in [0.4, 0.5) is 0 Å². The average Bonchev–Trinajstić information content (AvgIpc) is 3.06. The smallest absolute Gasteiger partial charge is 1.00 e. The van der Waals surface area contributed by atoms with Crippen molar-refractivity contribution in [2.75, 3.05) is 0 Å². The third kappa shape index (κ3) is 8.45. The van der Waals surface area contributed by atoms with Crippen LogP contribution in [-0.2, 0) is 21.7 Å². The Balaban J connectivity index is -0.000000270. The SMILES string of the molecule is CCC1=C(CC)CC=[C-]1.CCC1=C(CC)CC=[C-]1.[Cl-].[Cl-].[Ti+4]. The van der Waals surface area contributed by atoms with Crippen molar-refractivity contribution in [3.8, 4) is 0 Å². The molecule has 0 aliphatic heterocycles. The molecule has 0 aromatic heterocycles. The minimum atomic E-state index is 0. The molecule has 0 N–H and O–H groups in total. The minimum absolute atomic E-state index is 0. The normalized spacial score (nSPS) is 15.0. The third-order valence-electron chi connectivity index (χ3n) is 3.66. The van der Waals surface area contributed by atoms with Gasteiger partial charge in [-0.05, 0) is 0 Å². The van der Waals surface area contributed by atoms with Crippen LogP contribution in [0, 0.1) is 12.2 Å². The molecule has 2 rings (SSSR count). The van der Waals surface area contributed by atoms with Crippen molar-refractivity contribution in [3.05, 3.63) is 46.6 Å². The van der Waals surface area contributed by atoms with Gasteiger partial charge < -0.3 is 24.8 Å². The summed E-state index contributed by atoms with van der Waals surface area (Å²) in [5.74, 6) is 0. The quantitative estimate of drug-likeness (QED) is 0.478. The van der Waals surface area contributed by atoms with E-state index in [2.05, 4.69) is 52.0 Å². The molecule has 0 atom stereocenters. The van der Waals surface area contributed by atoms with Crippen molar-refractivity contribution in [2.45, 2.75) is 66.2 Å². The molecule has 0 radical (unpaired) electrons. The molecular weight excluding hydrogens is 335 g/mol. The maximum atomic E-state index is 3.26. The van der Waals surface area contributed by atoms with Crippen LogP contribution in [0.1, 0.15) is 66.2 Å². The van der Waals surface area contributed by atoms with Gasteiger partial charge >= 0.3 is 21.7 Å². The maximum absolute atomic E-state index is 3.26. The van der Waals surface area contributed by atoms with Crippen LogP contribution >= 0.6 is 0 Å². The van der Waals surface area contributed by atoms with Gasteiger partial charge in [0.2, 0.25) is 0 Å². The Bertz CT molecular complexity index is 352. The molecule has 0 saturated carbocycles. The summed E-state index contributed by atoms with van der Waals surface area (Å²) in [5, 5.41) is 0. The van der Waals surface area contributed by atoms with Crippen LogP contribution in [0.25, 0.3) is 0 Å². The zero-order valence-corrected chi connectivity index (χ0v) is 16.7. The van der Waals surface area contributed by atoms with E-state index in [9.17, 15) is 0 Å². The fourth-order valence-corrected chi connectivity index (χ4v) is 2.46. The molecule has 0 amide bonds. The van der Waals surface area contributed by atoms with E-state index in [1.54, 1.807) is 11.1 Å². The van der Waals surface area contributed by atoms with E-state index < -0.39 is 0 Å². The van der Waals surface area contributed by atoms with E-state index in [0.717, 1.165) is 25.7 Å². The minimum Gasteiger partial charge on any atom is -1.00 e. The van der Waals surface area contributed by atoms with Gasteiger partial charge in [-0.15, -0.1) is 12.8 Å². The van der Waals surface area contributed by atoms with E-state index in [4.69, 9.17) is 0 Å². The number of allylic oxidation sites excluding steroid dienone is 8. The van der Waals surface area contributed by atoms with E-state index in [-0.39, 0.29) is 46.5 Å². The first-order valence-electron chi connectivity index (χ1n) is 7.34. The van der Waals surface area contributed by atoms with Crippen LogP contribution in [0.3, 0.4) is 0 Å². The fraction of sp³-hybridized carbons (Fsp3) is 0.556. The number of rotatable bonds is 4. The average molecular weight is 361 g/mol. The first kappa shape index (κ1) is 26.2. The molecule has 0 fully saturated rings. The topological polar surface area (TPSA) is 0 Å². The molecule has 0 heterocycles. The third-order valence-corrected chi connectivity index (χ3v) is 3.66. The summed E-state index contributed by atoms with van der Waals surface area (Å²) in [7, 11) is 0. The van der Waals surface area contributed by atoms with Crippen LogP contribution in [0.2, 0.25) is 0 Å². The van der Waals surface area contributed by atoms with Crippen molar-refractivity contribution in [3.63, 3.8) is 0 Å². The fourth-order valence-electron chi connectivity index (χ4n) is 2.46. The molecule has 116 valence electrons. The van der Waals surface area contributed by atoms with Gasteiger partial charge in [0.25, 0.3) is 0 Å². The van der Waals surface area contributed by atoms with Crippen molar-refractivity contribution in [1.82, 2.24) is 0 Å². The molecular formula is C18H26Cl2Ti. The standard InChI is InChI=1S/2C9H13.2ClH.Ti/c2*1-3-8-6-5-7-9(8)4-2;;;/h2*5H,3-4,6H2,1-2H3;2*1H;/q2*-1;;;+4/p-2. The zero-order valence-electron chi connectivity index (χ0n) is 13.7. The summed E-state index contributed by atoms with van der Waals surface area (Å²) >= 11 is 0. The number of hydrogen-bond acceptors (Lipinski definition) is 0. The molecule has 0 aromatic carbocycles. The molecule has 2 aliphatic rings. The Morgan fingerprint density at radius 2 is 1.05 bits per heavy atom.